The molecule has 5 nitrogen and oxygen atoms in total. The highest BCUT2D eigenvalue weighted by Crippen LogP contribution is 2.33. The van der Waals surface area contributed by atoms with Crippen LogP contribution in [0.2, 0.25) is 0 Å². The topological polar surface area (TPSA) is 56.7 Å². The molecule has 0 amide bonds. The summed E-state index contributed by atoms with van der Waals surface area (Å²) in [5, 5.41) is 6.85. The molecule has 2 N–H and O–H groups in total. The smallest absolute Gasteiger partial charge is 0.191 e. The van der Waals surface area contributed by atoms with E-state index in [9.17, 15) is 4.21 Å². The maximum absolute atomic E-state index is 12.2. The highest BCUT2D eigenvalue weighted by molar-refractivity contribution is 7.84. The van der Waals surface area contributed by atoms with Crippen LogP contribution in [0, 0.1) is 0 Å². The number of guanidine groups is 1. The highest BCUT2D eigenvalue weighted by Gasteiger charge is 2.38. The Morgan fingerprint density at radius 3 is 2.76 bits per heavy atom. The van der Waals surface area contributed by atoms with Crippen LogP contribution in [-0.4, -0.2) is 59.1 Å². The molecule has 0 bridgehead atoms. The number of rotatable bonds is 7. The summed E-state index contributed by atoms with van der Waals surface area (Å²) in [7, 11) is 0.943. The lowest BCUT2D eigenvalue weighted by atomic mass is 10.2. The number of hydrogen-bond donors (Lipinski definition) is 2. The Bertz CT molecular complexity index is 603. The highest BCUT2D eigenvalue weighted by atomic mass is 32.2. The zero-order valence-corrected chi connectivity index (χ0v) is 16.1. The maximum Gasteiger partial charge on any atom is 0.191 e. The third-order valence-corrected chi connectivity index (χ3v) is 6.31. The predicted octanol–water partition coefficient (Wildman–Crippen LogP) is 1.73. The van der Waals surface area contributed by atoms with Gasteiger partial charge in [0.05, 0.1) is 0 Å². The molecule has 3 atom stereocenters. The van der Waals surface area contributed by atoms with Crippen molar-refractivity contribution in [1.29, 1.82) is 0 Å². The lowest BCUT2D eigenvalue weighted by Gasteiger charge is -2.20. The largest absolute Gasteiger partial charge is 0.355 e. The van der Waals surface area contributed by atoms with Crippen LogP contribution in [0.5, 0.6) is 0 Å². The van der Waals surface area contributed by atoms with Gasteiger partial charge in [-0.2, -0.15) is 0 Å². The van der Waals surface area contributed by atoms with Crippen molar-refractivity contribution in [3.63, 3.8) is 0 Å². The fraction of sp³-hybridized carbons (Fsp3) is 0.632. The Balaban J connectivity index is 1.37. The maximum atomic E-state index is 12.2. The average molecular weight is 363 g/mol. The first-order chi connectivity index (χ1) is 12.2. The number of benzene rings is 1. The Morgan fingerprint density at radius 1 is 1.32 bits per heavy atom. The second-order valence-corrected chi connectivity index (χ2v) is 8.70. The lowest BCUT2D eigenvalue weighted by molar-refractivity contribution is 0.256. The fourth-order valence-corrected chi connectivity index (χ4v) is 4.62. The molecule has 1 aromatic carbocycles. The molecule has 3 unspecified atom stereocenters. The van der Waals surface area contributed by atoms with Crippen LogP contribution in [0.4, 0.5) is 0 Å². The van der Waals surface area contributed by atoms with E-state index in [2.05, 4.69) is 27.4 Å². The fourth-order valence-electron chi connectivity index (χ4n) is 3.58. The first kappa shape index (κ1) is 18.4. The number of nitrogens with one attached hydrogen (secondary N) is 2. The summed E-state index contributed by atoms with van der Waals surface area (Å²) in [6, 6.07) is 11.9. The van der Waals surface area contributed by atoms with Gasteiger partial charge in [-0.25, -0.2) is 0 Å². The molecular formula is C19H30N4OS. The van der Waals surface area contributed by atoms with E-state index in [4.69, 9.17) is 0 Å². The summed E-state index contributed by atoms with van der Waals surface area (Å²) in [5.41, 5.74) is 1.13. The molecule has 1 aromatic rings. The molecule has 2 aliphatic rings. The van der Waals surface area contributed by atoms with E-state index < -0.39 is 10.8 Å². The minimum Gasteiger partial charge on any atom is -0.355 e. The summed E-state index contributed by atoms with van der Waals surface area (Å²) in [6.45, 7) is 4.10. The van der Waals surface area contributed by atoms with Crippen molar-refractivity contribution in [3.8, 4) is 0 Å². The van der Waals surface area contributed by atoms with Gasteiger partial charge in [0.2, 0.25) is 0 Å². The van der Waals surface area contributed by atoms with Crippen molar-refractivity contribution in [2.75, 3.05) is 25.9 Å². The van der Waals surface area contributed by atoms with Gasteiger partial charge in [-0.1, -0.05) is 30.3 Å². The number of nitrogens with zero attached hydrogens (tertiary/aromatic N) is 2. The summed E-state index contributed by atoms with van der Waals surface area (Å²) in [6.07, 6.45) is 3.88. The third-order valence-electron chi connectivity index (χ3n) is 5.00. The zero-order valence-electron chi connectivity index (χ0n) is 15.3. The summed E-state index contributed by atoms with van der Waals surface area (Å²) >= 11 is 0. The Morgan fingerprint density at radius 2 is 2.08 bits per heavy atom. The van der Waals surface area contributed by atoms with Crippen LogP contribution in [-0.2, 0) is 16.6 Å². The number of aliphatic imine (C=N–C) groups is 1. The van der Waals surface area contributed by atoms with Crippen molar-refractivity contribution in [3.05, 3.63) is 35.9 Å². The zero-order chi connectivity index (χ0) is 17.6. The van der Waals surface area contributed by atoms with Crippen molar-refractivity contribution < 1.29 is 4.21 Å². The van der Waals surface area contributed by atoms with Crippen molar-refractivity contribution in [2.45, 2.75) is 50.1 Å². The van der Waals surface area contributed by atoms with E-state index in [0.717, 1.165) is 30.5 Å². The molecule has 0 aromatic heterocycles. The molecule has 1 saturated heterocycles. The molecule has 1 heterocycles. The van der Waals surface area contributed by atoms with Crippen LogP contribution in [0.1, 0.15) is 31.7 Å². The minimum atomic E-state index is -0.856. The van der Waals surface area contributed by atoms with E-state index in [-0.39, 0.29) is 0 Å². The van der Waals surface area contributed by atoms with Crippen molar-refractivity contribution in [1.82, 2.24) is 15.5 Å². The van der Waals surface area contributed by atoms with Crippen LogP contribution in [0.25, 0.3) is 0 Å². The normalized spacial score (nSPS) is 25.8. The first-order valence-electron chi connectivity index (χ1n) is 9.27. The van der Waals surface area contributed by atoms with Gasteiger partial charge in [-0.3, -0.25) is 14.1 Å². The average Bonchev–Trinajstić information content (AvgIpc) is 3.38. The standard InChI is InChI=1S/C19H30N4OS/c1-15-12-17(13-23(15)18-8-9-18)22-19(20-2)21-10-11-25(24)14-16-6-4-3-5-7-16/h3-7,15,17-18H,8-14H2,1-2H3,(H2,20,21,22). The van der Waals surface area contributed by atoms with Gasteiger partial charge in [0.15, 0.2) is 5.96 Å². The number of likely N-dealkylation sites (tertiary alicyclic amines) is 1. The van der Waals surface area contributed by atoms with E-state index in [1.165, 1.54) is 12.8 Å². The quantitative estimate of drug-likeness (QED) is 0.573. The summed E-state index contributed by atoms with van der Waals surface area (Å²) in [4.78, 5) is 6.94. The van der Waals surface area contributed by atoms with Gasteiger partial charge in [0.1, 0.15) is 0 Å². The summed E-state index contributed by atoms with van der Waals surface area (Å²) < 4.78 is 12.2. The van der Waals surface area contributed by atoms with E-state index in [1.54, 1.807) is 7.05 Å². The van der Waals surface area contributed by atoms with Crippen LogP contribution < -0.4 is 10.6 Å². The minimum absolute atomic E-state index is 0.455. The molecule has 3 rings (SSSR count). The molecule has 2 fully saturated rings. The van der Waals surface area contributed by atoms with Crippen LogP contribution in [0.15, 0.2) is 35.3 Å². The molecule has 1 aliphatic heterocycles. The van der Waals surface area contributed by atoms with Gasteiger partial charge in [-0.15, -0.1) is 0 Å². The van der Waals surface area contributed by atoms with Gasteiger partial charge >= 0.3 is 0 Å². The lowest BCUT2D eigenvalue weighted by Crippen LogP contribution is -2.45. The monoisotopic (exact) mass is 362 g/mol. The van der Waals surface area contributed by atoms with Crippen molar-refractivity contribution in [2.24, 2.45) is 4.99 Å². The van der Waals surface area contributed by atoms with Gasteiger partial charge in [-0.05, 0) is 31.7 Å². The molecule has 0 radical (unpaired) electrons. The third kappa shape index (κ3) is 5.54. The molecule has 6 heteroatoms. The molecular weight excluding hydrogens is 332 g/mol. The van der Waals surface area contributed by atoms with Gasteiger partial charge < -0.3 is 10.6 Å². The predicted molar refractivity (Wildman–Crippen MR) is 105 cm³/mol. The molecule has 0 spiro atoms. The van der Waals surface area contributed by atoms with Crippen LogP contribution in [0.3, 0.4) is 0 Å². The molecule has 138 valence electrons. The first-order valence-corrected chi connectivity index (χ1v) is 10.8. The second-order valence-electron chi connectivity index (χ2n) is 7.13. The van der Waals surface area contributed by atoms with Crippen molar-refractivity contribution >= 4 is 16.8 Å². The van der Waals surface area contributed by atoms with E-state index >= 15 is 0 Å². The van der Waals surface area contributed by atoms with E-state index in [0.29, 0.717) is 30.1 Å². The molecule has 1 aliphatic carbocycles. The Kier molecular flexibility index (Phi) is 6.48. The van der Waals surface area contributed by atoms with Gasteiger partial charge in [0, 0.05) is 60.6 Å². The molecule has 1 saturated carbocycles. The second kappa shape index (κ2) is 8.81. The van der Waals surface area contributed by atoms with E-state index in [1.807, 2.05) is 30.3 Å². The molecule has 25 heavy (non-hydrogen) atoms. The van der Waals surface area contributed by atoms with Crippen LogP contribution >= 0.6 is 0 Å². The number of hydrogen-bond acceptors (Lipinski definition) is 3. The Hall–Kier alpha value is -1.40. The van der Waals surface area contributed by atoms with Gasteiger partial charge in [0.25, 0.3) is 0 Å². The SMILES string of the molecule is CN=C(NCCS(=O)Cc1ccccc1)NC1CC(C)N(C2CC2)C1. The summed E-state index contributed by atoms with van der Waals surface area (Å²) in [5.74, 6) is 2.07. The Labute approximate surface area is 153 Å².